The van der Waals surface area contributed by atoms with Gasteiger partial charge in [-0.05, 0) is 93.6 Å². The van der Waals surface area contributed by atoms with Crippen molar-refractivity contribution in [1.29, 1.82) is 0 Å². The van der Waals surface area contributed by atoms with Crippen LogP contribution in [0.5, 0.6) is 11.5 Å². The van der Waals surface area contributed by atoms with Crippen LogP contribution in [0, 0.1) is 0 Å². The lowest BCUT2D eigenvalue weighted by Gasteiger charge is -2.23. The highest BCUT2D eigenvalue weighted by Gasteiger charge is 2.24. The monoisotopic (exact) mass is 569 g/mol. The van der Waals surface area contributed by atoms with Crippen molar-refractivity contribution in [2.75, 3.05) is 17.7 Å². The van der Waals surface area contributed by atoms with E-state index in [9.17, 15) is 9.59 Å². The summed E-state index contributed by atoms with van der Waals surface area (Å²) in [6.45, 7) is 10.2. The molecule has 0 fully saturated rings. The Morgan fingerprint density at radius 3 is 2.48 bits per heavy atom. The number of nitrogens with one attached hydrogen (secondary N) is 3. The van der Waals surface area contributed by atoms with Gasteiger partial charge >= 0.3 is 0 Å². The molecule has 4 aromatic rings. The molecule has 4 rings (SSSR count). The largest absolute Gasteiger partial charge is 0.490 e. The number of ether oxygens (including phenoxy) is 2. The Morgan fingerprint density at radius 1 is 0.952 bits per heavy atom. The van der Waals surface area contributed by atoms with Gasteiger partial charge in [-0.15, -0.1) is 0 Å². The number of benzene rings is 3. The number of nitrogens with two attached hydrogens (primary N) is 1. The number of carbonyl (C=O) groups is 2. The van der Waals surface area contributed by atoms with Crippen LogP contribution in [-0.4, -0.2) is 35.6 Å². The van der Waals surface area contributed by atoms with Crippen LogP contribution >= 0.6 is 0 Å². The molecule has 9 nitrogen and oxygen atoms in total. The number of hydrogen-bond acceptors (Lipinski definition) is 7. The molecule has 1 atom stereocenters. The number of fused-ring (bicyclic) bond motifs is 1. The van der Waals surface area contributed by atoms with E-state index in [1.165, 1.54) is 0 Å². The molecule has 1 heterocycles. The first-order chi connectivity index (χ1) is 20.2. The summed E-state index contributed by atoms with van der Waals surface area (Å²) in [6.07, 6.45) is 1.61. The molecule has 42 heavy (non-hydrogen) atoms. The first-order valence-electron chi connectivity index (χ1n) is 14.2. The van der Waals surface area contributed by atoms with E-state index in [1.54, 1.807) is 12.3 Å². The second-order valence-corrected chi connectivity index (χ2v) is 10.5. The molecule has 1 aromatic heterocycles. The number of amides is 2. The molecule has 1 unspecified atom stereocenters. The van der Waals surface area contributed by atoms with Gasteiger partial charge in [-0.25, -0.2) is 4.98 Å². The van der Waals surface area contributed by atoms with E-state index < -0.39 is 6.04 Å². The average molecular weight is 570 g/mol. The van der Waals surface area contributed by atoms with Gasteiger partial charge in [0.2, 0.25) is 5.91 Å². The van der Waals surface area contributed by atoms with Gasteiger partial charge in [0.1, 0.15) is 11.9 Å². The summed E-state index contributed by atoms with van der Waals surface area (Å²) in [4.78, 5) is 30.8. The van der Waals surface area contributed by atoms with Crippen molar-refractivity contribution < 1.29 is 19.1 Å². The zero-order valence-electron chi connectivity index (χ0n) is 24.7. The first-order valence-corrected chi connectivity index (χ1v) is 14.2. The zero-order valence-corrected chi connectivity index (χ0v) is 24.7. The molecule has 0 radical (unpaired) electrons. The smallest absolute Gasteiger partial charge is 0.251 e. The second-order valence-electron chi connectivity index (χ2n) is 10.5. The molecule has 0 aliphatic carbocycles. The third-order valence-corrected chi connectivity index (χ3v) is 6.47. The van der Waals surface area contributed by atoms with Crippen molar-refractivity contribution in [3.8, 4) is 11.5 Å². The number of rotatable bonds is 12. The maximum Gasteiger partial charge on any atom is 0.251 e. The van der Waals surface area contributed by atoms with Crippen LogP contribution in [0.3, 0.4) is 0 Å². The predicted octanol–water partition coefficient (Wildman–Crippen LogP) is 5.61. The number of anilines is 2. The Hall–Kier alpha value is -4.79. The third-order valence-electron chi connectivity index (χ3n) is 6.47. The zero-order chi connectivity index (χ0) is 30.2. The molecule has 0 aliphatic heterocycles. The van der Waals surface area contributed by atoms with Crippen molar-refractivity contribution in [2.45, 2.75) is 59.4 Å². The SMILES string of the molecule is CCOc1cc(C(Nc2ccc3c(N)nccc3c2)C(=O)NCc2ccccc2C(=O)NC(C)C)ccc1OC(C)C. The number of nitrogen functional groups attached to an aromatic ring is 1. The lowest BCUT2D eigenvalue weighted by atomic mass is 10.0. The lowest BCUT2D eigenvalue weighted by molar-refractivity contribution is -0.122. The quantitative estimate of drug-likeness (QED) is 0.175. The molecular weight excluding hydrogens is 530 g/mol. The molecule has 0 aliphatic rings. The van der Waals surface area contributed by atoms with Gasteiger partial charge < -0.3 is 31.2 Å². The highest BCUT2D eigenvalue weighted by molar-refractivity contribution is 5.96. The molecule has 5 N–H and O–H groups in total. The summed E-state index contributed by atoms with van der Waals surface area (Å²) in [7, 11) is 0. The van der Waals surface area contributed by atoms with E-state index in [0.29, 0.717) is 40.6 Å². The fourth-order valence-electron chi connectivity index (χ4n) is 4.60. The van der Waals surface area contributed by atoms with Crippen molar-refractivity contribution in [2.24, 2.45) is 0 Å². The number of nitrogens with zero attached hydrogens (tertiary/aromatic N) is 1. The molecule has 0 spiro atoms. The molecule has 0 bridgehead atoms. The third kappa shape index (κ3) is 7.48. The van der Waals surface area contributed by atoms with Crippen LogP contribution in [0.4, 0.5) is 11.5 Å². The number of hydrogen-bond donors (Lipinski definition) is 4. The summed E-state index contributed by atoms with van der Waals surface area (Å²) in [5, 5.41) is 11.1. The second kappa shape index (κ2) is 13.7. The van der Waals surface area contributed by atoms with Crippen LogP contribution in [0.1, 0.15) is 62.1 Å². The predicted molar refractivity (Wildman–Crippen MR) is 167 cm³/mol. The van der Waals surface area contributed by atoms with E-state index >= 15 is 0 Å². The standard InChI is InChI=1S/C33H39N5O4/c1-6-41-29-18-23(11-14-28(29)42-21(4)5)30(38-25-12-13-26-22(17-25)15-16-35-31(26)34)33(40)36-19-24-9-7-8-10-27(24)32(39)37-20(2)3/h7-18,20-21,30,38H,6,19H2,1-5H3,(H2,34,35)(H,36,40)(H,37,39). The molecule has 0 saturated heterocycles. The summed E-state index contributed by atoms with van der Waals surface area (Å²) < 4.78 is 11.8. The van der Waals surface area contributed by atoms with Crippen molar-refractivity contribution in [3.05, 3.63) is 89.6 Å². The molecule has 220 valence electrons. The highest BCUT2D eigenvalue weighted by Crippen LogP contribution is 2.33. The Bertz CT molecular complexity index is 1550. The Labute approximate surface area is 246 Å². The van der Waals surface area contributed by atoms with Gasteiger partial charge in [0.05, 0.1) is 12.7 Å². The molecule has 0 saturated carbocycles. The van der Waals surface area contributed by atoms with Gasteiger partial charge in [-0.1, -0.05) is 24.3 Å². The Morgan fingerprint density at radius 2 is 1.74 bits per heavy atom. The minimum atomic E-state index is -0.786. The summed E-state index contributed by atoms with van der Waals surface area (Å²) in [5.41, 5.74) is 8.69. The molecule has 9 heteroatoms. The van der Waals surface area contributed by atoms with Crippen LogP contribution in [0.15, 0.2) is 72.9 Å². The van der Waals surface area contributed by atoms with E-state index in [0.717, 1.165) is 16.5 Å². The number of carbonyl (C=O) groups excluding carboxylic acids is 2. The van der Waals surface area contributed by atoms with Gasteiger partial charge in [0, 0.05) is 35.4 Å². The van der Waals surface area contributed by atoms with Gasteiger partial charge in [-0.2, -0.15) is 0 Å². The molecule has 3 aromatic carbocycles. The van der Waals surface area contributed by atoms with E-state index in [1.807, 2.05) is 95.3 Å². The molecular formula is C33H39N5O4. The Balaban J connectivity index is 1.66. The fourth-order valence-corrected chi connectivity index (χ4v) is 4.60. The van der Waals surface area contributed by atoms with Crippen LogP contribution in [-0.2, 0) is 11.3 Å². The van der Waals surface area contributed by atoms with Crippen molar-refractivity contribution in [3.63, 3.8) is 0 Å². The molecule has 2 amide bonds. The van der Waals surface area contributed by atoms with Crippen LogP contribution < -0.4 is 31.2 Å². The van der Waals surface area contributed by atoms with Crippen molar-refractivity contribution >= 4 is 34.1 Å². The number of aromatic nitrogens is 1. The highest BCUT2D eigenvalue weighted by atomic mass is 16.5. The minimum absolute atomic E-state index is 0.0102. The average Bonchev–Trinajstić information content (AvgIpc) is 2.95. The van der Waals surface area contributed by atoms with Crippen LogP contribution in [0.25, 0.3) is 10.8 Å². The Kier molecular flexibility index (Phi) is 9.85. The first kappa shape index (κ1) is 30.2. The number of pyridine rings is 1. The van der Waals surface area contributed by atoms with Crippen molar-refractivity contribution in [1.82, 2.24) is 15.6 Å². The summed E-state index contributed by atoms with van der Waals surface area (Å²) in [6, 6.07) is 19.5. The maximum absolute atomic E-state index is 13.9. The maximum atomic E-state index is 13.9. The van der Waals surface area contributed by atoms with E-state index in [2.05, 4.69) is 20.9 Å². The summed E-state index contributed by atoms with van der Waals surface area (Å²) in [5.74, 6) is 1.14. The van der Waals surface area contributed by atoms with Crippen LogP contribution in [0.2, 0.25) is 0 Å². The van der Waals surface area contributed by atoms with Gasteiger partial charge in [-0.3, -0.25) is 9.59 Å². The minimum Gasteiger partial charge on any atom is -0.490 e. The van der Waals surface area contributed by atoms with E-state index in [-0.39, 0.29) is 30.5 Å². The van der Waals surface area contributed by atoms with E-state index in [4.69, 9.17) is 15.2 Å². The van der Waals surface area contributed by atoms with Gasteiger partial charge in [0.25, 0.3) is 5.91 Å². The van der Waals surface area contributed by atoms with Gasteiger partial charge in [0.15, 0.2) is 11.5 Å². The lowest BCUT2D eigenvalue weighted by Crippen LogP contribution is -2.35. The fraction of sp³-hybridized carbons (Fsp3) is 0.303. The topological polar surface area (TPSA) is 128 Å². The normalized spacial score (nSPS) is 11.8. The summed E-state index contributed by atoms with van der Waals surface area (Å²) >= 11 is 0.